The van der Waals surface area contributed by atoms with Crippen molar-refractivity contribution in [2.24, 2.45) is 35.5 Å². The van der Waals surface area contributed by atoms with E-state index in [0.717, 1.165) is 12.8 Å². The molecule has 0 aromatic heterocycles. The summed E-state index contributed by atoms with van der Waals surface area (Å²) >= 11 is 0. The molecule has 6 nitrogen and oxygen atoms in total. The fourth-order valence-corrected chi connectivity index (χ4v) is 6.09. The summed E-state index contributed by atoms with van der Waals surface area (Å²) in [6.07, 6.45) is 2.68. The molecule has 1 aromatic rings. The summed E-state index contributed by atoms with van der Waals surface area (Å²) in [5, 5.41) is 10.7. The average molecular weight is 327 g/mol. The number of carbonyl (C=O) groups excluding carboxylic acids is 2. The quantitative estimate of drug-likeness (QED) is 0.484. The molecule has 124 valence electrons. The lowest BCUT2D eigenvalue weighted by molar-refractivity contribution is -0.384. The largest absolute Gasteiger partial charge is 0.450 e. The standard InChI is InChI=1S/C18H17NO5/c20-16-14-7-13-11-5-9(6-12(11)14)15(13)17(16)24-18(21)8-1-3-10(4-2-8)19(22)23/h1-4,9,11-15,17H,5-7H2/t9-,11+,12-,13-,14+,15+,17+/m1/s1. The van der Waals surface area contributed by atoms with Gasteiger partial charge in [0.05, 0.1) is 10.5 Å². The Morgan fingerprint density at radius 1 is 1.08 bits per heavy atom. The Morgan fingerprint density at radius 3 is 2.50 bits per heavy atom. The minimum absolute atomic E-state index is 0.0715. The molecule has 5 rings (SSSR count). The van der Waals surface area contributed by atoms with Crippen molar-refractivity contribution in [3.8, 4) is 0 Å². The van der Waals surface area contributed by atoms with E-state index >= 15 is 0 Å². The van der Waals surface area contributed by atoms with E-state index in [9.17, 15) is 19.7 Å². The molecule has 0 amide bonds. The fraction of sp³-hybridized carbons (Fsp3) is 0.556. The minimum atomic E-state index is -0.612. The van der Waals surface area contributed by atoms with Gasteiger partial charge in [-0.25, -0.2) is 4.79 Å². The SMILES string of the molecule is O=C(O[C@@H]1C(=O)[C@H]2C[C@@H]3[C@H]4C[C@H](C[C@H]42)[C@@H]31)c1ccc([N+](=O)[O-])cc1. The number of esters is 1. The molecule has 4 fully saturated rings. The molecule has 4 saturated carbocycles. The first-order valence-electron chi connectivity index (χ1n) is 8.54. The first-order chi connectivity index (χ1) is 11.5. The summed E-state index contributed by atoms with van der Waals surface area (Å²) < 4.78 is 5.64. The number of Topliss-reactive ketones (excluding diaryl/α,β-unsaturated/α-hetero) is 1. The Labute approximate surface area is 138 Å². The molecule has 1 aromatic carbocycles. The van der Waals surface area contributed by atoms with Crippen LogP contribution in [-0.4, -0.2) is 22.8 Å². The smallest absolute Gasteiger partial charge is 0.338 e. The molecule has 4 aliphatic rings. The molecule has 0 spiro atoms. The summed E-state index contributed by atoms with van der Waals surface area (Å²) in [6, 6.07) is 5.34. The second-order valence-electron chi connectivity index (χ2n) is 7.67. The van der Waals surface area contributed by atoms with E-state index in [-0.39, 0.29) is 28.9 Å². The molecular weight excluding hydrogens is 310 g/mol. The van der Waals surface area contributed by atoms with E-state index < -0.39 is 17.0 Å². The third-order valence-corrected chi connectivity index (χ3v) is 6.87. The van der Waals surface area contributed by atoms with Crippen molar-refractivity contribution in [2.45, 2.75) is 25.4 Å². The summed E-state index contributed by atoms with van der Waals surface area (Å²) in [7, 11) is 0. The fourth-order valence-electron chi connectivity index (χ4n) is 6.09. The Morgan fingerprint density at radius 2 is 1.79 bits per heavy atom. The van der Waals surface area contributed by atoms with Gasteiger partial charge in [-0.05, 0) is 55.1 Å². The van der Waals surface area contributed by atoms with Gasteiger partial charge in [-0.1, -0.05) is 0 Å². The van der Waals surface area contributed by atoms with Gasteiger partial charge in [0, 0.05) is 24.0 Å². The van der Waals surface area contributed by atoms with Crippen LogP contribution in [0, 0.1) is 45.6 Å². The van der Waals surface area contributed by atoms with Crippen LogP contribution in [0.1, 0.15) is 29.6 Å². The molecule has 0 radical (unpaired) electrons. The van der Waals surface area contributed by atoms with Crippen LogP contribution < -0.4 is 0 Å². The van der Waals surface area contributed by atoms with Crippen molar-refractivity contribution in [1.82, 2.24) is 0 Å². The highest BCUT2D eigenvalue weighted by Gasteiger charge is 2.68. The van der Waals surface area contributed by atoms with Gasteiger partial charge in [0.25, 0.3) is 5.69 Å². The lowest BCUT2D eigenvalue weighted by Gasteiger charge is -2.34. The summed E-state index contributed by atoms with van der Waals surface area (Å²) in [5.74, 6) is 2.09. The van der Waals surface area contributed by atoms with Crippen molar-refractivity contribution >= 4 is 17.4 Å². The number of hydrogen-bond acceptors (Lipinski definition) is 5. The molecule has 0 aliphatic heterocycles. The number of benzene rings is 1. The van der Waals surface area contributed by atoms with Crippen LogP contribution in [0.3, 0.4) is 0 Å². The molecule has 0 N–H and O–H groups in total. The monoisotopic (exact) mass is 327 g/mol. The molecule has 6 heteroatoms. The van der Waals surface area contributed by atoms with Crippen LogP contribution in [0.15, 0.2) is 24.3 Å². The van der Waals surface area contributed by atoms with Crippen molar-refractivity contribution in [3.63, 3.8) is 0 Å². The van der Waals surface area contributed by atoms with Crippen molar-refractivity contribution in [1.29, 1.82) is 0 Å². The van der Waals surface area contributed by atoms with Crippen molar-refractivity contribution in [2.75, 3.05) is 0 Å². The highest BCUT2D eigenvalue weighted by atomic mass is 16.6. The lowest BCUT2D eigenvalue weighted by Crippen LogP contribution is -2.43. The number of ether oxygens (including phenoxy) is 1. The van der Waals surface area contributed by atoms with E-state index in [1.807, 2.05) is 0 Å². The Hall–Kier alpha value is -2.24. The molecule has 4 bridgehead atoms. The van der Waals surface area contributed by atoms with Gasteiger partial charge < -0.3 is 4.74 Å². The van der Waals surface area contributed by atoms with Gasteiger partial charge in [0.15, 0.2) is 11.9 Å². The average Bonchev–Trinajstić information content (AvgIpc) is 3.17. The molecule has 4 aliphatic carbocycles. The maximum atomic E-state index is 12.8. The van der Waals surface area contributed by atoms with Crippen LogP contribution in [0.2, 0.25) is 0 Å². The van der Waals surface area contributed by atoms with E-state index in [1.165, 1.54) is 30.7 Å². The predicted molar refractivity (Wildman–Crippen MR) is 82.1 cm³/mol. The number of ketones is 1. The third kappa shape index (κ3) is 1.71. The van der Waals surface area contributed by atoms with Gasteiger partial charge >= 0.3 is 5.97 Å². The lowest BCUT2D eigenvalue weighted by atomic mass is 9.75. The number of fused-ring (bicyclic) bond motifs is 4. The highest BCUT2D eigenvalue weighted by Crippen LogP contribution is 2.68. The zero-order valence-electron chi connectivity index (χ0n) is 13.0. The molecule has 24 heavy (non-hydrogen) atoms. The Kier molecular flexibility index (Phi) is 2.74. The van der Waals surface area contributed by atoms with Crippen LogP contribution in [0.5, 0.6) is 0 Å². The van der Waals surface area contributed by atoms with Crippen LogP contribution in [0.25, 0.3) is 0 Å². The Bertz CT molecular complexity index is 757. The van der Waals surface area contributed by atoms with Crippen LogP contribution in [0.4, 0.5) is 5.69 Å². The number of nitro groups is 1. The number of rotatable bonds is 3. The summed E-state index contributed by atoms with van der Waals surface area (Å²) in [4.78, 5) is 35.4. The number of hydrogen-bond donors (Lipinski definition) is 0. The van der Waals surface area contributed by atoms with E-state index in [4.69, 9.17) is 4.74 Å². The maximum absolute atomic E-state index is 12.8. The van der Waals surface area contributed by atoms with Gasteiger partial charge in [-0.15, -0.1) is 0 Å². The van der Waals surface area contributed by atoms with Gasteiger partial charge in [-0.2, -0.15) is 0 Å². The second-order valence-corrected chi connectivity index (χ2v) is 7.67. The molecule has 0 heterocycles. The number of carbonyl (C=O) groups is 2. The Balaban J connectivity index is 1.39. The minimum Gasteiger partial charge on any atom is -0.450 e. The van der Waals surface area contributed by atoms with Crippen molar-refractivity contribution in [3.05, 3.63) is 39.9 Å². The molecular formula is C18H17NO5. The number of nitro benzene ring substituents is 1. The highest BCUT2D eigenvalue weighted by molar-refractivity contribution is 5.94. The number of nitrogens with zero attached hydrogens (tertiary/aromatic N) is 1. The first kappa shape index (κ1) is 14.1. The van der Waals surface area contributed by atoms with E-state index in [0.29, 0.717) is 23.7 Å². The second kappa shape index (κ2) is 4.65. The zero-order chi connectivity index (χ0) is 16.6. The first-order valence-corrected chi connectivity index (χ1v) is 8.54. The normalized spacial score (nSPS) is 41.0. The predicted octanol–water partition coefficient (Wildman–Crippen LogP) is 2.61. The molecule has 0 unspecified atom stereocenters. The van der Waals surface area contributed by atoms with E-state index in [2.05, 4.69) is 0 Å². The molecule has 7 atom stereocenters. The van der Waals surface area contributed by atoms with E-state index in [1.54, 1.807) is 0 Å². The van der Waals surface area contributed by atoms with Gasteiger partial charge in [0.2, 0.25) is 0 Å². The zero-order valence-corrected chi connectivity index (χ0v) is 13.0. The van der Waals surface area contributed by atoms with Crippen molar-refractivity contribution < 1.29 is 19.2 Å². The van der Waals surface area contributed by atoms with Gasteiger partial charge in [-0.3, -0.25) is 14.9 Å². The summed E-state index contributed by atoms with van der Waals surface area (Å²) in [6.45, 7) is 0. The third-order valence-electron chi connectivity index (χ3n) is 6.87. The molecule has 0 saturated heterocycles. The maximum Gasteiger partial charge on any atom is 0.338 e. The van der Waals surface area contributed by atoms with Gasteiger partial charge in [0.1, 0.15) is 0 Å². The van der Waals surface area contributed by atoms with Crippen LogP contribution >= 0.6 is 0 Å². The topological polar surface area (TPSA) is 86.5 Å². The number of non-ortho nitro benzene ring substituents is 1. The van der Waals surface area contributed by atoms with Crippen LogP contribution in [-0.2, 0) is 9.53 Å². The summed E-state index contributed by atoms with van der Waals surface area (Å²) in [5.41, 5.74) is 0.186.